The van der Waals surface area contributed by atoms with Crippen LogP contribution in [0.5, 0.6) is 0 Å². The van der Waals surface area contributed by atoms with Crippen LogP contribution in [0.15, 0.2) is 12.3 Å². The zero-order chi connectivity index (χ0) is 26.3. The summed E-state index contributed by atoms with van der Waals surface area (Å²) in [4.78, 5) is 9.40. The minimum Gasteiger partial charge on any atom is -0.377 e. The molecule has 2 aromatic rings. The standard InChI is InChI=1S/C25H42N4O4S/c1-16-18-14-15-29(19(18)28-17(2)27-16)24(10)20(3,4)23(9,25(11,32-13)21(24,5)6)22(7,8)33-34(30,31)26-12/h14-15,26H,1-13H3/t23-,24+,25-/m0/s1. The van der Waals surface area contributed by atoms with Crippen LogP contribution in [-0.2, 0) is 24.8 Å². The lowest BCUT2D eigenvalue weighted by molar-refractivity contribution is -0.209. The summed E-state index contributed by atoms with van der Waals surface area (Å²) in [5.74, 6) is 0.711. The molecule has 0 unspecified atom stereocenters. The number of aromatic nitrogens is 3. The molecule has 0 saturated heterocycles. The Hall–Kier alpha value is -1.55. The maximum atomic E-state index is 12.6. The third kappa shape index (κ3) is 2.90. The number of nitrogens with zero attached hydrogens (tertiary/aromatic N) is 3. The minimum atomic E-state index is -3.97. The highest BCUT2D eigenvalue weighted by Crippen LogP contribution is 2.77. The zero-order valence-electron chi connectivity index (χ0n) is 23.0. The van der Waals surface area contributed by atoms with Crippen LogP contribution in [-0.4, -0.2) is 48.3 Å². The van der Waals surface area contributed by atoms with E-state index in [0.29, 0.717) is 5.82 Å². The van der Waals surface area contributed by atoms with Gasteiger partial charge in [-0.1, -0.05) is 34.6 Å². The molecule has 34 heavy (non-hydrogen) atoms. The topological polar surface area (TPSA) is 95.3 Å². The fourth-order valence-electron chi connectivity index (χ4n) is 7.40. The summed E-state index contributed by atoms with van der Waals surface area (Å²) in [6, 6.07) is 2.06. The van der Waals surface area contributed by atoms with E-state index in [1.165, 1.54) is 7.05 Å². The number of hydrogen-bond acceptors (Lipinski definition) is 6. The van der Waals surface area contributed by atoms with Crippen molar-refractivity contribution in [2.75, 3.05) is 14.2 Å². The molecular weight excluding hydrogens is 452 g/mol. The summed E-state index contributed by atoms with van der Waals surface area (Å²) in [5.41, 5.74) is -2.58. The van der Waals surface area contributed by atoms with Crippen molar-refractivity contribution < 1.29 is 17.3 Å². The average molecular weight is 495 g/mol. The number of methoxy groups -OCH3 is 1. The van der Waals surface area contributed by atoms with Gasteiger partial charge in [0.05, 0.1) is 22.4 Å². The van der Waals surface area contributed by atoms with E-state index in [9.17, 15) is 8.42 Å². The van der Waals surface area contributed by atoms with Crippen molar-refractivity contribution in [3.8, 4) is 0 Å². The molecule has 0 bridgehead atoms. The summed E-state index contributed by atoms with van der Waals surface area (Å²) >= 11 is 0. The highest BCUT2D eigenvalue weighted by Gasteiger charge is 2.82. The molecule has 3 atom stereocenters. The van der Waals surface area contributed by atoms with Crippen molar-refractivity contribution >= 4 is 21.3 Å². The van der Waals surface area contributed by atoms with Crippen LogP contribution >= 0.6 is 0 Å². The van der Waals surface area contributed by atoms with Gasteiger partial charge in [-0.15, -0.1) is 0 Å². The number of fused-ring (bicyclic) bond motifs is 1. The third-order valence-corrected chi connectivity index (χ3v) is 11.5. The monoisotopic (exact) mass is 494 g/mol. The molecule has 9 heteroatoms. The molecule has 1 saturated carbocycles. The molecule has 192 valence electrons. The average Bonchev–Trinajstić information content (AvgIpc) is 3.16. The van der Waals surface area contributed by atoms with Crippen LogP contribution in [0.3, 0.4) is 0 Å². The van der Waals surface area contributed by atoms with Crippen LogP contribution in [0, 0.1) is 30.1 Å². The summed E-state index contributed by atoms with van der Waals surface area (Å²) in [6.45, 7) is 22.7. The number of nitrogens with one attached hydrogen (secondary N) is 1. The molecule has 2 heterocycles. The highest BCUT2D eigenvalue weighted by atomic mass is 32.2. The van der Waals surface area contributed by atoms with Gasteiger partial charge in [-0.3, -0.25) is 4.18 Å². The molecule has 1 aliphatic carbocycles. The maximum absolute atomic E-state index is 12.6. The van der Waals surface area contributed by atoms with Gasteiger partial charge in [-0.2, -0.15) is 13.1 Å². The predicted molar refractivity (Wildman–Crippen MR) is 135 cm³/mol. The smallest absolute Gasteiger partial charge is 0.336 e. The first kappa shape index (κ1) is 27.0. The van der Waals surface area contributed by atoms with Crippen molar-refractivity contribution in [1.29, 1.82) is 0 Å². The molecule has 0 aromatic carbocycles. The molecule has 0 aliphatic heterocycles. The molecule has 0 spiro atoms. The molecule has 1 N–H and O–H groups in total. The van der Waals surface area contributed by atoms with Crippen molar-refractivity contribution in [3.05, 3.63) is 23.8 Å². The van der Waals surface area contributed by atoms with Gasteiger partial charge in [-0.05, 0) is 53.0 Å². The summed E-state index contributed by atoms with van der Waals surface area (Å²) < 4.78 is 42.1. The van der Waals surface area contributed by atoms with Gasteiger partial charge in [0.15, 0.2) is 0 Å². The van der Waals surface area contributed by atoms with Gasteiger partial charge in [0.1, 0.15) is 11.5 Å². The second kappa shape index (κ2) is 7.48. The highest BCUT2D eigenvalue weighted by molar-refractivity contribution is 7.84. The first-order chi connectivity index (χ1) is 15.2. The maximum Gasteiger partial charge on any atom is 0.336 e. The number of rotatable bonds is 6. The molecule has 0 amide bonds. The minimum absolute atomic E-state index is 0.504. The van der Waals surface area contributed by atoms with Crippen LogP contribution in [0.4, 0.5) is 0 Å². The van der Waals surface area contributed by atoms with E-state index >= 15 is 0 Å². The Kier molecular flexibility index (Phi) is 5.95. The quantitative estimate of drug-likeness (QED) is 0.635. The lowest BCUT2D eigenvalue weighted by Crippen LogP contribution is -2.64. The molecular formula is C25H42N4O4S. The van der Waals surface area contributed by atoms with E-state index in [1.807, 2.05) is 27.7 Å². The van der Waals surface area contributed by atoms with Gasteiger partial charge >= 0.3 is 10.3 Å². The normalized spacial score (nSPS) is 31.3. The first-order valence-corrected chi connectivity index (χ1v) is 13.2. The largest absolute Gasteiger partial charge is 0.377 e. The Bertz CT molecular complexity index is 1230. The van der Waals surface area contributed by atoms with Crippen LogP contribution < -0.4 is 4.72 Å². The summed E-state index contributed by atoms with van der Waals surface area (Å²) in [6.07, 6.45) is 2.08. The Balaban J connectivity index is 2.45. The Morgan fingerprint density at radius 1 is 1.00 bits per heavy atom. The number of ether oxygens (including phenoxy) is 1. The molecule has 2 aromatic heterocycles. The van der Waals surface area contributed by atoms with Gasteiger partial charge in [-0.25, -0.2) is 9.97 Å². The van der Waals surface area contributed by atoms with E-state index in [4.69, 9.17) is 13.9 Å². The van der Waals surface area contributed by atoms with E-state index < -0.39 is 43.3 Å². The Morgan fingerprint density at radius 2 is 1.56 bits per heavy atom. The summed E-state index contributed by atoms with van der Waals surface area (Å²) in [7, 11) is -0.911. The van der Waals surface area contributed by atoms with Gasteiger partial charge in [0.2, 0.25) is 0 Å². The van der Waals surface area contributed by atoms with Crippen molar-refractivity contribution in [3.63, 3.8) is 0 Å². The fraction of sp³-hybridized carbons (Fsp3) is 0.760. The van der Waals surface area contributed by atoms with Crippen LogP contribution in [0.2, 0.25) is 0 Å². The molecule has 3 rings (SSSR count). The SMILES string of the molecule is CNS(=O)(=O)OC(C)(C)[C@]1(C)C(C)(C)[C@@](C)(n2ccc3c(C)nc(C)nc32)C(C)(C)[C@]1(C)OC. The van der Waals surface area contributed by atoms with E-state index in [0.717, 1.165) is 16.7 Å². The second-order valence-corrected chi connectivity index (χ2v) is 13.2. The lowest BCUT2D eigenvalue weighted by Gasteiger charge is -2.57. The number of hydrogen-bond donors (Lipinski definition) is 1. The third-order valence-electron chi connectivity index (χ3n) is 10.3. The van der Waals surface area contributed by atoms with Crippen LogP contribution in [0.1, 0.15) is 73.8 Å². The lowest BCUT2D eigenvalue weighted by atomic mass is 9.53. The van der Waals surface area contributed by atoms with Gasteiger partial charge < -0.3 is 9.30 Å². The molecule has 1 fully saturated rings. The predicted octanol–water partition coefficient (Wildman–Crippen LogP) is 4.50. The molecule has 1 aliphatic rings. The zero-order valence-corrected chi connectivity index (χ0v) is 23.9. The van der Waals surface area contributed by atoms with Crippen molar-refractivity contribution in [2.45, 2.75) is 92.9 Å². The van der Waals surface area contributed by atoms with Crippen molar-refractivity contribution in [1.82, 2.24) is 19.3 Å². The van der Waals surface area contributed by atoms with E-state index in [2.05, 4.69) is 75.0 Å². The molecule has 8 nitrogen and oxygen atoms in total. The van der Waals surface area contributed by atoms with Gasteiger partial charge in [0, 0.05) is 36.6 Å². The Morgan fingerprint density at radius 3 is 2.06 bits per heavy atom. The van der Waals surface area contributed by atoms with E-state index in [1.54, 1.807) is 7.11 Å². The van der Waals surface area contributed by atoms with Gasteiger partial charge in [0.25, 0.3) is 0 Å². The number of aryl methyl sites for hydroxylation is 2. The summed E-state index contributed by atoms with van der Waals surface area (Å²) in [5, 5.41) is 0.999. The first-order valence-electron chi connectivity index (χ1n) is 11.7. The molecule has 0 radical (unpaired) electrons. The second-order valence-electron chi connectivity index (χ2n) is 11.7. The van der Waals surface area contributed by atoms with Crippen molar-refractivity contribution in [2.24, 2.45) is 16.2 Å². The van der Waals surface area contributed by atoms with Crippen LogP contribution in [0.25, 0.3) is 11.0 Å². The van der Waals surface area contributed by atoms with E-state index in [-0.39, 0.29) is 0 Å². The Labute approximate surface area is 205 Å². The fourth-order valence-corrected chi connectivity index (χ4v) is 8.20.